The largest absolute Gasteiger partial charge is 0.316 e. The Morgan fingerprint density at radius 2 is 1.48 bits per heavy atom. The van der Waals surface area contributed by atoms with Gasteiger partial charge in [-0.05, 0) is 31.3 Å². The van der Waals surface area contributed by atoms with Gasteiger partial charge < -0.3 is 10.6 Å². The van der Waals surface area contributed by atoms with Crippen molar-refractivity contribution in [3.05, 3.63) is 95.3 Å². The summed E-state index contributed by atoms with van der Waals surface area (Å²) in [6, 6.07) is 16.8. The monoisotopic (exact) mass is 438 g/mol. The quantitative estimate of drug-likeness (QED) is 0.432. The third-order valence-corrected chi connectivity index (χ3v) is 4.88. The smallest absolute Gasteiger partial charge is 0.177 e. The molecule has 0 spiro atoms. The lowest BCUT2D eigenvalue weighted by molar-refractivity contribution is 0.581. The van der Waals surface area contributed by atoms with Crippen LogP contribution < -0.4 is 10.6 Å². The minimum atomic E-state index is -0.272. The SMILES string of the molecule is Cc1cc(NC(=S)Nc2ccn(Cc3ccccc3F)n2)nn1Cc1ccccc1F. The molecule has 0 unspecified atom stereocenters. The number of nitrogens with one attached hydrogen (secondary N) is 2. The zero-order valence-corrected chi connectivity index (χ0v) is 17.5. The van der Waals surface area contributed by atoms with Crippen molar-refractivity contribution in [3.8, 4) is 0 Å². The van der Waals surface area contributed by atoms with Crippen molar-refractivity contribution in [2.24, 2.45) is 0 Å². The second-order valence-electron chi connectivity index (χ2n) is 6.99. The summed E-state index contributed by atoms with van der Waals surface area (Å²) in [4.78, 5) is 0. The molecule has 2 aromatic heterocycles. The first-order chi connectivity index (χ1) is 15.0. The summed E-state index contributed by atoms with van der Waals surface area (Å²) in [6.45, 7) is 2.52. The van der Waals surface area contributed by atoms with Gasteiger partial charge in [0.15, 0.2) is 16.7 Å². The predicted octanol–water partition coefficient (Wildman–Crippen LogP) is 4.57. The molecule has 2 aromatic carbocycles. The molecule has 0 bridgehead atoms. The summed E-state index contributed by atoms with van der Waals surface area (Å²) in [5, 5.41) is 15.1. The van der Waals surface area contributed by atoms with Crippen molar-refractivity contribution < 1.29 is 8.78 Å². The van der Waals surface area contributed by atoms with Crippen molar-refractivity contribution in [1.29, 1.82) is 0 Å². The van der Waals surface area contributed by atoms with E-state index in [4.69, 9.17) is 12.2 Å². The summed E-state index contributed by atoms with van der Waals surface area (Å²) in [6.07, 6.45) is 1.74. The lowest BCUT2D eigenvalue weighted by Gasteiger charge is -2.07. The number of benzene rings is 2. The maximum Gasteiger partial charge on any atom is 0.177 e. The fraction of sp³-hybridized carbons (Fsp3) is 0.136. The fourth-order valence-electron chi connectivity index (χ4n) is 3.10. The lowest BCUT2D eigenvalue weighted by atomic mass is 10.2. The molecular weight excluding hydrogens is 418 g/mol. The minimum absolute atomic E-state index is 0.268. The molecule has 4 aromatic rings. The average molecular weight is 439 g/mol. The van der Waals surface area contributed by atoms with E-state index in [-0.39, 0.29) is 11.6 Å². The Hall–Kier alpha value is -3.59. The summed E-state index contributed by atoms with van der Waals surface area (Å²) < 4.78 is 31.0. The van der Waals surface area contributed by atoms with Gasteiger partial charge in [-0.2, -0.15) is 10.2 Å². The van der Waals surface area contributed by atoms with Crippen molar-refractivity contribution in [2.75, 3.05) is 10.6 Å². The Morgan fingerprint density at radius 1 is 0.871 bits per heavy atom. The van der Waals surface area contributed by atoms with Gasteiger partial charge >= 0.3 is 0 Å². The van der Waals surface area contributed by atoms with E-state index in [0.29, 0.717) is 41.0 Å². The number of thiocarbonyl (C=S) groups is 1. The first-order valence-electron chi connectivity index (χ1n) is 9.60. The summed E-state index contributed by atoms with van der Waals surface area (Å²) in [5.41, 5.74) is 1.97. The Bertz CT molecular complexity index is 1220. The first-order valence-corrected chi connectivity index (χ1v) is 10.0. The Morgan fingerprint density at radius 3 is 2.16 bits per heavy atom. The number of aromatic nitrogens is 4. The first kappa shape index (κ1) is 20.7. The van der Waals surface area contributed by atoms with E-state index < -0.39 is 0 Å². The molecule has 9 heteroatoms. The molecule has 31 heavy (non-hydrogen) atoms. The van der Waals surface area contributed by atoms with Crippen molar-refractivity contribution >= 4 is 29.0 Å². The van der Waals surface area contributed by atoms with Crippen LogP contribution in [0.5, 0.6) is 0 Å². The molecule has 0 amide bonds. The summed E-state index contributed by atoms with van der Waals surface area (Å²) in [7, 11) is 0. The molecule has 0 aliphatic carbocycles. The molecule has 2 N–H and O–H groups in total. The van der Waals surface area contributed by atoms with E-state index in [1.54, 1.807) is 58.0 Å². The molecule has 0 atom stereocenters. The van der Waals surface area contributed by atoms with Crippen LogP contribution in [0, 0.1) is 18.6 Å². The molecule has 6 nitrogen and oxygen atoms in total. The van der Waals surface area contributed by atoms with E-state index in [2.05, 4.69) is 20.8 Å². The van der Waals surface area contributed by atoms with Crippen LogP contribution in [0.3, 0.4) is 0 Å². The van der Waals surface area contributed by atoms with Crippen LogP contribution in [-0.2, 0) is 13.1 Å². The molecule has 0 fully saturated rings. The topological polar surface area (TPSA) is 59.7 Å². The van der Waals surface area contributed by atoms with Gasteiger partial charge in [0.05, 0.1) is 13.1 Å². The third kappa shape index (κ3) is 5.13. The van der Waals surface area contributed by atoms with Gasteiger partial charge in [-0.1, -0.05) is 36.4 Å². The van der Waals surface area contributed by atoms with Crippen molar-refractivity contribution in [1.82, 2.24) is 19.6 Å². The molecule has 0 saturated heterocycles. The predicted molar refractivity (Wildman–Crippen MR) is 120 cm³/mol. The normalized spacial score (nSPS) is 10.8. The summed E-state index contributed by atoms with van der Waals surface area (Å²) >= 11 is 5.34. The maximum atomic E-state index is 13.9. The van der Waals surface area contributed by atoms with E-state index in [1.807, 2.05) is 13.0 Å². The molecule has 4 rings (SSSR count). The number of nitrogens with zero attached hydrogens (tertiary/aromatic N) is 4. The highest BCUT2D eigenvalue weighted by atomic mass is 32.1. The number of aryl methyl sites for hydroxylation is 1. The van der Waals surface area contributed by atoms with Gasteiger partial charge in [-0.3, -0.25) is 9.36 Å². The third-order valence-electron chi connectivity index (χ3n) is 4.67. The van der Waals surface area contributed by atoms with E-state index in [0.717, 1.165) is 5.69 Å². The van der Waals surface area contributed by atoms with E-state index in [9.17, 15) is 8.78 Å². The molecule has 0 aliphatic rings. The number of rotatable bonds is 6. The molecule has 0 saturated carbocycles. The highest BCUT2D eigenvalue weighted by molar-refractivity contribution is 7.80. The Labute approximate surface area is 183 Å². The van der Waals surface area contributed by atoms with E-state index >= 15 is 0 Å². The van der Waals surface area contributed by atoms with Crippen LogP contribution in [0.2, 0.25) is 0 Å². The lowest BCUT2D eigenvalue weighted by Crippen LogP contribution is -2.20. The number of anilines is 2. The van der Waals surface area contributed by atoms with Crippen LogP contribution in [-0.4, -0.2) is 24.7 Å². The van der Waals surface area contributed by atoms with Gasteiger partial charge in [-0.25, -0.2) is 8.78 Å². The standard InChI is InChI=1S/C22H20F2N6S/c1-15-12-21(28-30(15)14-17-7-3-5-9-19(17)24)26-22(31)25-20-10-11-29(27-20)13-16-6-2-4-8-18(16)23/h2-12H,13-14H2,1H3,(H2,25,26,27,28,31). The maximum absolute atomic E-state index is 13.9. The second kappa shape index (κ2) is 9.05. The van der Waals surface area contributed by atoms with Gasteiger partial charge in [-0.15, -0.1) is 0 Å². The van der Waals surface area contributed by atoms with Crippen LogP contribution in [0.25, 0.3) is 0 Å². The Balaban J connectivity index is 1.37. The van der Waals surface area contributed by atoms with Crippen molar-refractivity contribution in [2.45, 2.75) is 20.0 Å². The van der Waals surface area contributed by atoms with Gasteiger partial charge in [0.1, 0.15) is 11.6 Å². The van der Waals surface area contributed by atoms with Gasteiger partial charge in [0, 0.05) is 35.2 Å². The zero-order chi connectivity index (χ0) is 21.8. The van der Waals surface area contributed by atoms with Crippen LogP contribution in [0.15, 0.2) is 66.9 Å². The highest BCUT2D eigenvalue weighted by Gasteiger charge is 2.10. The number of halogens is 2. The van der Waals surface area contributed by atoms with Crippen molar-refractivity contribution in [3.63, 3.8) is 0 Å². The summed E-state index contributed by atoms with van der Waals surface area (Å²) in [5.74, 6) is 0.523. The number of hydrogen-bond acceptors (Lipinski definition) is 3. The second-order valence-corrected chi connectivity index (χ2v) is 7.40. The molecule has 0 aliphatic heterocycles. The Kier molecular flexibility index (Phi) is 6.03. The van der Waals surface area contributed by atoms with Crippen LogP contribution in [0.4, 0.5) is 20.4 Å². The molecule has 158 valence electrons. The fourth-order valence-corrected chi connectivity index (χ4v) is 3.31. The molecular formula is C22H20F2N6S. The van der Waals surface area contributed by atoms with Gasteiger partial charge in [0.2, 0.25) is 0 Å². The number of hydrogen-bond donors (Lipinski definition) is 2. The average Bonchev–Trinajstić information content (AvgIpc) is 3.31. The van der Waals surface area contributed by atoms with Crippen LogP contribution >= 0.6 is 12.2 Å². The van der Waals surface area contributed by atoms with E-state index in [1.165, 1.54) is 12.1 Å². The minimum Gasteiger partial charge on any atom is -0.316 e. The zero-order valence-electron chi connectivity index (χ0n) is 16.7. The van der Waals surface area contributed by atoms with Gasteiger partial charge in [0.25, 0.3) is 0 Å². The highest BCUT2D eigenvalue weighted by Crippen LogP contribution is 2.14. The van der Waals surface area contributed by atoms with Crippen LogP contribution in [0.1, 0.15) is 16.8 Å². The molecule has 2 heterocycles. The molecule has 0 radical (unpaired) electrons.